The standard InChI is InChI=1S/C14H17F3N2O2/c15-14(16,17)11-3-1-2-4-12(11)19-13(20)9-21-10-5-7-18-8-6-10/h1-4,10,18H,5-9H2,(H,19,20). The lowest BCUT2D eigenvalue weighted by Crippen LogP contribution is -2.34. The number of ether oxygens (including phenoxy) is 1. The number of piperidine rings is 1. The Kier molecular flexibility index (Phi) is 5.19. The highest BCUT2D eigenvalue weighted by Gasteiger charge is 2.33. The van der Waals surface area contributed by atoms with Crippen molar-refractivity contribution in [1.29, 1.82) is 0 Å². The molecule has 0 aromatic heterocycles. The fraction of sp³-hybridized carbons (Fsp3) is 0.500. The predicted molar refractivity (Wildman–Crippen MR) is 71.9 cm³/mol. The van der Waals surface area contributed by atoms with Gasteiger partial charge in [-0.15, -0.1) is 0 Å². The topological polar surface area (TPSA) is 50.4 Å². The number of alkyl halides is 3. The Labute approximate surface area is 120 Å². The fourth-order valence-electron chi connectivity index (χ4n) is 2.18. The Morgan fingerprint density at radius 3 is 2.62 bits per heavy atom. The minimum atomic E-state index is -4.50. The third kappa shape index (κ3) is 4.71. The second kappa shape index (κ2) is 6.91. The molecule has 1 fully saturated rings. The van der Waals surface area contributed by atoms with E-state index in [0.717, 1.165) is 32.0 Å². The summed E-state index contributed by atoms with van der Waals surface area (Å²) in [7, 11) is 0. The van der Waals surface area contributed by atoms with Crippen LogP contribution in [0.4, 0.5) is 18.9 Å². The van der Waals surface area contributed by atoms with E-state index in [-0.39, 0.29) is 18.4 Å². The van der Waals surface area contributed by atoms with Crippen LogP contribution in [-0.4, -0.2) is 31.7 Å². The number of carbonyl (C=O) groups excluding carboxylic acids is 1. The molecule has 116 valence electrons. The Hall–Kier alpha value is -1.60. The van der Waals surface area contributed by atoms with Crippen molar-refractivity contribution in [3.63, 3.8) is 0 Å². The van der Waals surface area contributed by atoms with Gasteiger partial charge in [0.2, 0.25) is 5.91 Å². The Morgan fingerprint density at radius 2 is 1.95 bits per heavy atom. The molecule has 0 radical (unpaired) electrons. The molecule has 0 atom stereocenters. The van der Waals surface area contributed by atoms with Crippen molar-refractivity contribution in [2.45, 2.75) is 25.1 Å². The van der Waals surface area contributed by atoms with Gasteiger partial charge in [-0.3, -0.25) is 4.79 Å². The first-order valence-electron chi connectivity index (χ1n) is 6.75. The van der Waals surface area contributed by atoms with Crippen molar-refractivity contribution < 1.29 is 22.7 Å². The summed E-state index contributed by atoms with van der Waals surface area (Å²) in [5.41, 5.74) is -1.11. The second-order valence-corrected chi connectivity index (χ2v) is 4.85. The zero-order valence-electron chi connectivity index (χ0n) is 11.4. The van der Waals surface area contributed by atoms with Crippen LogP contribution in [0, 0.1) is 0 Å². The number of para-hydroxylation sites is 1. The van der Waals surface area contributed by atoms with Gasteiger partial charge in [0.1, 0.15) is 6.61 Å². The molecule has 1 aromatic carbocycles. The minimum Gasteiger partial charge on any atom is -0.368 e. The molecular formula is C14H17F3N2O2. The number of anilines is 1. The largest absolute Gasteiger partial charge is 0.418 e. The molecule has 21 heavy (non-hydrogen) atoms. The Balaban J connectivity index is 1.90. The first-order chi connectivity index (χ1) is 9.97. The molecule has 0 bridgehead atoms. The monoisotopic (exact) mass is 302 g/mol. The van der Waals surface area contributed by atoms with Crippen molar-refractivity contribution in [2.24, 2.45) is 0 Å². The van der Waals surface area contributed by atoms with E-state index in [1.54, 1.807) is 0 Å². The van der Waals surface area contributed by atoms with Crippen LogP contribution in [-0.2, 0) is 15.7 Å². The first-order valence-corrected chi connectivity index (χ1v) is 6.75. The quantitative estimate of drug-likeness (QED) is 0.898. The number of hydrogen-bond acceptors (Lipinski definition) is 3. The Bertz CT molecular complexity index is 485. The van der Waals surface area contributed by atoms with Gasteiger partial charge in [0.25, 0.3) is 0 Å². The van der Waals surface area contributed by atoms with E-state index in [0.29, 0.717) is 0 Å². The number of rotatable bonds is 4. The lowest BCUT2D eigenvalue weighted by atomic mass is 10.1. The predicted octanol–water partition coefficient (Wildman–Crippen LogP) is 2.41. The van der Waals surface area contributed by atoms with Gasteiger partial charge in [-0.1, -0.05) is 12.1 Å². The van der Waals surface area contributed by atoms with Crippen LogP contribution in [0.25, 0.3) is 0 Å². The number of carbonyl (C=O) groups is 1. The zero-order valence-corrected chi connectivity index (χ0v) is 11.4. The zero-order chi connectivity index (χ0) is 15.3. The number of amides is 1. The molecule has 2 rings (SSSR count). The molecule has 1 aliphatic rings. The van der Waals surface area contributed by atoms with Gasteiger partial charge >= 0.3 is 6.18 Å². The number of benzene rings is 1. The van der Waals surface area contributed by atoms with E-state index in [1.807, 2.05) is 0 Å². The average Bonchev–Trinajstić information content (AvgIpc) is 2.46. The molecule has 1 heterocycles. The molecule has 1 aliphatic heterocycles. The minimum absolute atomic E-state index is 0.0186. The fourth-order valence-corrected chi connectivity index (χ4v) is 2.18. The molecule has 1 amide bonds. The normalized spacial score (nSPS) is 16.7. The number of hydrogen-bond donors (Lipinski definition) is 2. The van der Waals surface area contributed by atoms with Gasteiger partial charge in [0.05, 0.1) is 17.4 Å². The lowest BCUT2D eigenvalue weighted by molar-refractivity contribution is -0.137. The summed E-state index contributed by atoms with van der Waals surface area (Å²) in [5.74, 6) is -0.578. The van der Waals surface area contributed by atoms with E-state index in [4.69, 9.17) is 4.74 Å². The van der Waals surface area contributed by atoms with Crippen molar-refractivity contribution in [3.05, 3.63) is 29.8 Å². The van der Waals surface area contributed by atoms with Crippen LogP contribution in [0.15, 0.2) is 24.3 Å². The molecule has 0 spiro atoms. The highest BCUT2D eigenvalue weighted by atomic mass is 19.4. The molecule has 4 nitrogen and oxygen atoms in total. The van der Waals surface area contributed by atoms with Gasteiger partial charge < -0.3 is 15.4 Å². The van der Waals surface area contributed by atoms with Crippen LogP contribution >= 0.6 is 0 Å². The molecule has 1 aromatic rings. The van der Waals surface area contributed by atoms with Crippen molar-refractivity contribution in [1.82, 2.24) is 5.32 Å². The van der Waals surface area contributed by atoms with Gasteiger partial charge in [-0.25, -0.2) is 0 Å². The van der Waals surface area contributed by atoms with Crippen LogP contribution in [0.1, 0.15) is 18.4 Å². The average molecular weight is 302 g/mol. The van der Waals surface area contributed by atoms with E-state index in [2.05, 4.69) is 10.6 Å². The van der Waals surface area contributed by atoms with Gasteiger partial charge in [-0.05, 0) is 38.1 Å². The number of nitrogens with one attached hydrogen (secondary N) is 2. The van der Waals surface area contributed by atoms with Crippen molar-refractivity contribution in [3.8, 4) is 0 Å². The maximum atomic E-state index is 12.8. The highest BCUT2D eigenvalue weighted by molar-refractivity contribution is 5.92. The smallest absolute Gasteiger partial charge is 0.368 e. The lowest BCUT2D eigenvalue weighted by Gasteiger charge is -2.22. The molecule has 0 unspecified atom stereocenters. The van der Waals surface area contributed by atoms with E-state index >= 15 is 0 Å². The van der Waals surface area contributed by atoms with Gasteiger partial charge in [-0.2, -0.15) is 13.2 Å². The summed E-state index contributed by atoms with van der Waals surface area (Å²) in [6.07, 6.45) is -2.92. The SMILES string of the molecule is O=C(COC1CCNCC1)Nc1ccccc1C(F)(F)F. The summed E-state index contributed by atoms with van der Waals surface area (Å²) in [5, 5.41) is 5.42. The molecule has 7 heteroatoms. The van der Waals surface area contributed by atoms with E-state index in [1.165, 1.54) is 18.2 Å². The van der Waals surface area contributed by atoms with E-state index in [9.17, 15) is 18.0 Å². The molecule has 1 saturated heterocycles. The molecule has 0 aliphatic carbocycles. The summed E-state index contributed by atoms with van der Waals surface area (Å²) >= 11 is 0. The third-order valence-electron chi connectivity index (χ3n) is 3.24. The summed E-state index contributed by atoms with van der Waals surface area (Å²) in [4.78, 5) is 11.7. The summed E-state index contributed by atoms with van der Waals surface area (Å²) < 4.78 is 43.8. The number of halogens is 3. The highest BCUT2D eigenvalue weighted by Crippen LogP contribution is 2.34. The summed E-state index contributed by atoms with van der Waals surface area (Å²) in [6, 6.07) is 4.89. The maximum absolute atomic E-state index is 12.8. The molecule has 2 N–H and O–H groups in total. The molecule has 0 saturated carbocycles. The van der Waals surface area contributed by atoms with Crippen molar-refractivity contribution >= 4 is 11.6 Å². The van der Waals surface area contributed by atoms with Crippen LogP contribution in [0.2, 0.25) is 0 Å². The second-order valence-electron chi connectivity index (χ2n) is 4.85. The van der Waals surface area contributed by atoms with Crippen molar-refractivity contribution in [2.75, 3.05) is 25.0 Å². The summed E-state index contributed by atoms with van der Waals surface area (Å²) in [6.45, 7) is 1.41. The molecular weight excluding hydrogens is 285 g/mol. The van der Waals surface area contributed by atoms with Crippen LogP contribution < -0.4 is 10.6 Å². The van der Waals surface area contributed by atoms with E-state index < -0.39 is 17.6 Å². The third-order valence-corrected chi connectivity index (χ3v) is 3.24. The Morgan fingerprint density at radius 1 is 1.29 bits per heavy atom. The van der Waals surface area contributed by atoms with Crippen LogP contribution in [0.3, 0.4) is 0 Å². The van der Waals surface area contributed by atoms with Crippen LogP contribution in [0.5, 0.6) is 0 Å². The first kappa shape index (κ1) is 15.8. The van der Waals surface area contributed by atoms with Gasteiger partial charge in [0.15, 0.2) is 0 Å². The van der Waals surface area contributed by atoms with Gasteiger partial charge in [0, 0.05) is 0 Å². The maximum Gasteiger partial charge on any atom is 0.418 e.